The average Bonchev–Trinajstić information content (AvgIpc) is 3.16. The first-order valence-electron chi connectivity index (χ1n) is 10.5. The number of hydrogen-bond donors (Lipinski definition) is 2. The van der Waals surface area contributed by atoms with Gasteiger partial charge in [0.15, 0.2) is 0 Å². The summed E-state index contributed by atoms with van der Waals surface area (Å²) in [6.07, 6.45) is 3.46. The van der Waals surface area contributed by atoms with E-state index in [1.807, 2.05) is 0 Å². The quantitative estimate of drug-likeness (QED) is 0.611. The second-order valence-corrected chi connectivity index (χ2v) is 11.9. The summed E-state index contributed by atoms with van der Waals surface area (Å²) >= 11 is 0. The van der Waals surface area contributed by atoms with Crippen molar-refractivity contribution in [2.75, 3.05) is 39.7 Å². The number of fused-ring (bicyclic) bond motifs is 2. The maximum Gasteiger partial charge on any atom is 0.251 e. The Balaban J connectivity index is 1.89. The second-order valence-electron chi connectivity index (χ2n) is 9.74. The number of hydrogen-bond acceptors (Lipinski definition) is 5. The van der Waals surface area contributed by atoms with E-state index in [4.69, 9.17) is 4.74 Å². The van der Waals surface area contributed by atoms with E-state index >= 15 is 0 Å². The van der Waals surface area contributed by atoms with E-state index in [1.165, 1.54) is 26.6 Å². The third kappa shape index (κ3) is 3.97. The third-order valence-electron chi connectivity index (χ3n) is 7.17. The molecule has 7 nitrogen and oxygen atoms in total. The number of carbonyl (C=O) groups is 1. The van der Waals surface area contributed by atoms with Gasteiger partial charge in [-0.25, -0.2) is 12.7 Å². The normalized spacial score (nSPS) is 27.4. The second kappa shape index (κ2) is 8.13. The Labute approximate surface area is 180 Å². The number of benzene rings is 1. The van der Waals surface area contributed by atoms with Gasteiger partial charge in [-0.2, -0.15) is 0 Å². The zero-order chi connectivity index (χ0) is 22.3. The number of nitrogens with zero attached hydrogens (tertiary/aromatic N) is 1. The van der Waals surface area contributed by atoms with E-state index in [0.717, 1.165) is 17.1 Å². The van der Waals surface area contributed by atoms with Gasteiger partial charge in [0.25, 0.3) is 5.91 Å². The maximum absolute atomic E-state index is 13.2. The zero-order valence-corrected chi connectivity index (χ0v) is 19.7. The predicted octanol–water partition coefficient (Wildman–Crippen LogP) is 2.94. The molecule has 0 saturated heterocycles. The maximum atomic E-state index is 13.2. The summed E-state index contributed by atoms with van der Waals surface area (Å²) in [4.78, 5) is 13.3. The minimum atomic E-state index is -3.72. The topological polar surface area (TPSA) is 87.7 Å². The standard InChI is InChI=1S/C22H35N3O4S/c1-21(2)16-9-10-22(3,14-16)20(21)24-19(26)15-7-8-17(23-11-12-29-6)18(13-15)30(27,28)25(4)5/h7-8,13,16,20,23H,9-12,14H2,1-6H3,(H,24,26)/t16-,20?,22-/m0/s1. The molecule has 30 heavy (non-hydrogen) atoms. The summed E-state index contributed by atoms with van der Waals surface area (Å²) in [6, 6.07) is 4.89. The molecule has 2 aliphatic rings. The summed E-state index contributed by atoms with van der Waals surface area (Å²) in [5.41, 5.74) is 0.951. The lowest BCUT2D eigenvalue weighted by Gasteiger charge is -2.43. The van der Waals surface area contributed by atoms with Gasteiger partial charge in [-0.15, -0.1) is 0 Å². The van der Waals surface area contributed by atoms with Gasteiger partial charge in [0, 0.05) is 39.4 Å². The fourth-order valence-electron chi connectivity index (χ4n) is 5.38. The Morgan fingerprint density at radius 1 is 1.27 bits per heavy atom. The van der Waals surface area contributed by atoms with Gasteiger partial charge < -0.3 is 15.4 Å². The molecule has 1 unspecified atom stereocenters. The van der Waals surface area contributed by atoms with E-state index in [2.05, 4.69) is 31.4 Å². The minimum absolute atomic E-state index is 0.0306. The van der Waals surface area contributed by atoms with Crippen LogP contribution in [-0.4, -0.2) is 59.0 Å². The Bertz CT molecular complexity index is 908. The summed E-state index contributed by atoms with van der Waals surface area (Å²) in [5, 5.41) is 6.34. The molecular formula is C22H35N3O4S. The van der Waals surface area contributed by atoms with Crippen LogP contribution in [-0.2, 0) is 14.8 Å². The van der Waals surface area contributed by atoms with Crippen LogP contribution in [0.4, 0.5) is 5.69 Å². The van der Waals surface area contributed by atoms with Gasteiger partial charge in [0.2, 0.25) is 10.0 Å². The van der Waals surface area contributed by atoms with E-state index in [-0.39, 0.29) is 27.7 Å². The molecule has 1 aromatic rings. The Morgan fingerprint density at radius 2 is 1.97 bits per heavy atom. The third-order valence-corrected chi connectivity index (χ3v) is 9.02. The average molecular weight is 438 g/mol. The monoisotopic (exact) mass is 437 g/mol. The first-order chi connectivity index (χ1) is 13.9. The van der Waals surface area contributed by atoms with Crippen LogP contribution in [0, 0.1) is 16.7 Å². The lowest BCUT2D eigenvalue weighted by Crippen LogP contribution is -2.52. The number of anilines is 1. The molecule has 0 aromatic heterocycles. The molecule has 1 aromatic carbocycles. The molecule has 2 saturated carbocycles. The molecule has 3 rings (SSSR count). The molecule has 1 amide bonds. The van der Waals surface area contributed by atoms with Gasteiger partial charge in [0.05, 0.1) is 12.3 Å². The molecule has 0 spiro atoms. The van der Waals surface area contributed by atoms with E-state index in [9.17, 15) is 13.2 Å². The van der Waals surface area contributed by atoms with Crippen molar-refractivity contribution in [3.8, 4) is 0 Å². The number of methoxy groups -OCH3 is 1. The van der Waals surface area contributed by atoms with Crippen LogP contribution in [0.1, 0.15) is 50.4 Å². The highest BCUT2D eigenvalue weighted by atomic mass is 32.2. The summed E-state index contributed by atoms with van der Waals surface area (Å²) in [6.45, 7) is 7.64. The molecule has 168 valence electrons. The number of nitrogens with one attached hydrogen (secondary N) is 2. The summed E-state index contributed by atoms with van der Waals surface area (Å²) < 4.78 is 32.0. The molecule has 3 atom stereocenters. The molecule has 0 aliphatic heterocycles. The molecule has 0 heterocycles. The largest absolute Gasteiger partial charge is 0.383 e. The smallest absolute Gasteiger partial charge is 0.251 e. The van der Waals surface area contributed by atoms with E-state index < -0.39 is 10.0 Å². The highest BCUT2D eigenvalue weighted by molar-refractivity contribution is 7.89. The van der Waals surface area contributed by atoms with Crippen molar-refractivity contribution in [3.05, 3.63) is 23.8 Å². The van der Waals surface area contributed by atoms with Crippen molar-refractivity contribution >= 4 is 21.6 Å². The van der Waals surface area contributed by atoms with Crippen molar-refractivity contribution in [2.45, 2.75) is 51.0 Å². The molecule has 2 N–H and O–H groups in total. The van der Waals surface area contributed by atoms with Gasteiger partial charge in [0.1, 0.15) is 4.90 Å². The van der Waals surface area contributed by atoms with Gasteiger partial charge in [-0.1, -0.05) is 20.8 Å². The number of rotatable bonds is 8. The molecule has 2 bridgehead atoms. The lowest BCUT2D eigenvalue weighted by molar-refractivity contribution is 0.0737. The zero-order valence-electron chi connectivity index (χ0n) is 18.9. The first kappa shape index (κ1) is 23.0. The van der Waals surface area contributed by atoms with Gasteiger partial charge in [-0.05, 0) is 54.2 Å². The predicted molar refractivity (Wildman–Crippen MR) is 118 cm³/mol. The summed E-state index contributed by atoms with van der Waals surface area (Å²) in [7, 11) is 0.838. The van der Waals surface area contributed by atoms with Crippen LogP contribution in [0.25, 0.3) is 0 Å². The van der Waals surface area contributed by atoms with Crippen molar-refractivity contribution < 1.29 is 17.9 Å². The molecule has 0 radical (unpaired) electrons. The SMILES string of the molecule is COCCNc1ccc(C(=O)NC2C(C)(C)[C@H]3CC[C@@]2(C)C3)cc1S(=O)(=O)N(C)C. The molecule has 8 heteroatoms. The van der Waals surface area contributed by atoms with Crippen molar-refractivity contribution in [3.63, 3.8) is 0 Å². The molecular weight excluding hydrogens is 402 g/mol. The number of amides is 1. The van der Waals surface area contributed by atoms with Crippen molar-refractivity contribution in [2.24, 2.45) is 16.7 Å². The Kier molecular flexibility index (Phi) is 6.24. The minimum Gasteiger partial charge on any atom is -0.383 e. The van der Waals surface area contributed by atoms with Crippen LogP contribution >= 0.6 is 0 Å². The molecule has 2 fully saturated rings. The fraction of sp³-hybridized carbons (Fsp3) is 0.682. The van der Waals surface area contributed by atoms with Crippen molar-refractivity contribution in [1.29, 1.82) is 0 Å². The van der Waals surface area contributed by atoms with E-state index in [0.29, 0.717) is 30.3 Å². The van der Waals surface area contributed by atoms with E-state index in [1.54, 1.807) is 19.2 Å². The number of ether oxygens (including phenoxy) is 1. The Morgan fingerprint density at radius 3 is 2.53 bits per heavy atom. The highest BCUT2D eigenvalue weighted by Gasteiger charge is 2.59. The fourth-order valence-corrected chi connectivity index (χ4v) is 6.47. The number of carbonyl (C=O) groups excluding carboxylic acids is 1. The van der Waals surface area contributed by atoms with Crippen LogP contribution in [0.15, 0.2) is 23.1 Å². The molecule has 2 aliphatic carbocycles. The van der Waals surface area contributed by atoms with Crippen LogP contribution < -0.4 is 10.6 Å². The highest BCUT2D eigenvalue weighted by Crippen LogP contribution is 2.62. The Hall–Kier alpha value is -1.64. The first-order valence-corrected chi connectivity index (χ1v) is 12.0. The van der Waals surface area contributed by atoms with Crippen LogP contribution in [0.5, 0.6) is 0 Å². The van der Waals surface area contributed by atoms with Crippen molar-refractivity contribution in [1.82, 2.24) is 9.62 Å². The number of sulfonamides is 1. The van der Waals surface area contributed by atoms with Crippen LogP contribution in [0.2, 0.25) is 0 Å². The summed E-state index contributed by atoms with van der Waals surface area (Å²) in [5.74, 6) is 0.394. The lowest BCUT2D eigenvalue weighted by atomic mass is 9.68. The van der Waals surface area contributed by atoms with Gasteiger partial charge >= 0.3 is 0 Å². The van der Waals surface area contributed by atoms with Crippen LogP contribution in [0.3, 0.4) is 0 Å². The van der Waals surface area contributed by atoms with Gasteiger partial charge in [-0.3, -0.25) is 4.79 Å².